The quantitative estimate of drug-likeness (QED) is 0.756. The van der Waals surface area contributed by atoms with Crippen LogP contribution in [0.4, 0.5) is 0 Å². The second kappa shape index (κ2) is 6.77. The zero-order chi connectivity index (χ0) is 12.9. The molecule has 0 amide bonds. The molecule has 0 saturated heterocycles. The Labute approximate surface area is 115 Å². The molecule has 0 bridgehead atoms. The molecule has 0 radical (unpaired) electrons. The molecule has 1 aromatic rings. The van der Waals surface area contributed by atoms with Gasteiger partial charge in [-0.1, -0.05) is 39.3 Å². The zero-order valence-electron chi connectivity index (χ0n) is 11.3. The van der Waals surface area contributed by atoms with Crippen LogP contribution in [-0.4, -0.2) is 12.6 Å². The fourth-order valence-corrected chi connectivity index (χ4v) is 2.86. The molecule has 98 valence electrons. The number of nitrogens with one attached hydrogen (secondary N) is 1. The molecule has 0 aliphatic heterocycles. The third-order valence-electron chi connectivity index (χ3n) is 3.03. The summed E-state index contributed by atoms with van der Waals surface area (Å²) in [5.41, 5.74) is 0.401. The van der Waals surface area contributed by atoms with Gasteiger partial charge in [0.1, 0.15) is 0 Å². The van der Waals surface area contributed by atoms with Crippen molar-refractivity contribution in [2.24, 2.45) is 5.41 Å². The third-order valence-corrected chi connectivity index (χ3v) is 4.32. The summed E-state index contributed by atoms with van der Waals surface area (Å²) in [6.45, 7) is 10.2. The Balaban J connectivity index is 2.28. The predicted molar refractivity (Wildman–Crippen MR) is 79.2 cm³/mol. The fraction of sp³-hybridized carbons (Fsp3) is 0.714. The molecule has 0 aliphatic rings. The van der Waals surface area contributed by atoms with Crippen LogP contribution in [-0.2, 0) is 6.42 Å². The summed E-state index contributed by atoms with van der Waals surface area (Å²) in [4.78, 5) is 1.40. The van der Waals surface area contributed by atoms with Crippen LogP contribution in [0, 0.1) is 5.41 Å². The number of thiophene rings is 1. The van der Waals surface area contributed by atoms with Gasteiger partial charge in [-0.15, -0.1) is 11.3 Å². The van der Waals surface area contributed by atoms with Crippen LogP contribution < -0.4 is 5.32 Å². The van der Waals surface area contributed by atoms with Crippen molar-refractivity contribution in [3.05, 3.63) is 21.3 Å². The lowest BCUT2D eigenvalue weighted by Crippen LogP contribution is -2.27. The summed E-state index contributed by atoms with van der Waals surface area (Å²) in [6, 6.07) is 4.73. The molecule has 0 spiro atoms. The molecule has 0 unspecified atom stereocenters. The molecule has 1 heterocycles. The SMILES string of the molecule is CC(C)NCCC(C)(C)CCc1ccc(Cl)s1. The van der Waals surface area contributed by atoms with Gasteiger partial charge in [-0.2, -0.15) is 0 Å². The minimum absolute atomic E-state index is 0.401. The van der Waals surface area contributed by atoms with Crippen LogP contribution in [0.2, 0.25) is 4.34 Å². The number of hydrogen-bond donors (Lipinski definition) is 1. The maximum Gasteiger partial charge on any atom is 0.0931 e. The van der Waals surface area contributed by atoms with E-state index in [9.17, 15) is 0 Å². The molecule has 1 aromatic heterocycles. The van der Waals surface area contributed by atoms with Crippen LogP contribution in [0.25, 0.3) is 0 Å². The topological polar surface area (TPSA) is 12.0 Å². The molecule has 1 rings (SSSR count). The Morgan fingerprint density at radius 3 is 2.53 bits per heavy atom. The van der Waals surface area contributed by atoms with E-state index < -0.39 is 0 Å². The summed E-state index contributed by atoms with van der Waals surface area (Å²) in [6.07, 6.45) is 3.60. The lowest BCUT2D eigenvalue weighted by Gasteiger charge is -2.25. The van der Waals surface area contributed by atoms with E-state index in [0.717, 1.165) is 17.3 Å². The highest BCUT2D eigenvalue weighted by Crippen LogP contribution is 2.29. The van der Waals surface area contributed by atoms with E-state index >= 15 is 0 Å². The Morgan fingerprint density at radius 1 is 1.29 bits per heavy atom. The standard InChI is InChI=1S/C14H24ClNS/c1-11(2)16-10-9-14(3,4)8-7-12-5-6-13(15)17-12/h5-6,11,16H,7-10H2,1-4H3. The summed E-state index contributed by atoms with van der Waals surface area (Å²) < 4.78 is 0.902. The van der Waals surface area contributed by atoms with Crippen molar-refractivity contribution in [2.45, 2.75) is 53.0 Å². The highest BCUT2D eigenvalue weighted by Gasteiger charge is 2.17. The van der Waals surface area contributed by atoms with Gasteiger partial charge in [-0.3, -0.25) is 0 Å². The van der Waals surface area contributed by atoms with Crippen molar-refractivity contribution in [1.82, 2.24) is 5.32 Å². The smallest absolute Gasteiger partial charge is 0.0931 e. The van der Waals surface area contributed by atoms with Crippen LogP contribution in [0.15, 0.2) is 12.1 Å². The maximum atomic E-state index is 5.94. The average molecular weight is 274 g/mol. The first-order valence-electron chi connectivity index (χ1n) is 6.37. The van der Waals surface area contributed by atoms with Gasteiger partial charge < -0.3 is 5.32 Å². The molecule has 0 fully saturated rings. The van der Waals surface area contributed by atoms with Gasteiger partial charge >= 0.3 is 0 Å². The minimum Gasteiger partial charge on any atom is -0.315 e. The van der Waals surface area contributed by atoms with Gasteiger partial charge in [0.2, 0.25) is 0 Å². The van der Waals surface area contributed by atoms with Crippen molar-refractivity contribution in [2.75, 3.05) is 6.54 Å². The largest absolute Gasteiger partial charge is 0.315 e. The van der Waals surface area contributed by atoms with Gasteiger partial charge in [0, 0.05) is 10.9 Å². The van der Waals surface area contributed by atoms with E-state index in [2.05, 4.69) is 39.1 Å². The van der Waals surface area contributed by atoms with Crippen molar-refractivity contribution >= 4 is 22.9 Å². The van der Waals surface area contributed by atoms with Gasteiger partial charge in [0.25, 0.3) is 0 Å². The van der Waals surface area contributed by atoms with E-state index in [0.29, 0.717) is 11.5 Å². The highest BCUT2D eigenvalue weighted by atomic mass is 35.5. The normalized spacial score (nSPS) is 12.4. The summed E-state index contributed by atoms with van der Waals surface area (Å²) >= 11 is 7.64. The van der Waals surface area contributed by atoms with Crippen LogP contribution in [0.1, 0.15) is 45.4 Å². The van der Waals surface area contributed by atoms with E-state index in [1.54, 1.807) is 11.3 Å². The summed E-state index contributed by atoms with van der Waals surface area (Å²) in [7, 11) is 0. The van der Waals surface area contributed by atoms with Crippen molar-refractivity contribution in [3.63, 3.8) is 0 Å². The number of aryl methyl sites for hydroxylation is 1. The van der Waals surface area contributed by atoms with Gasteiger partial charge in [-0.25, -0.2) is 0 Å². The van der Waals surface area contributed by atoms with Gasteiger partial charge in [-0.05, 0) is 43.4 Å². The molecular weight excluding hydrogens is 250 g/mol. The molecule has 0 atom stereocenters. The molecular formula is C14H24ClNS. The lowest BCUT2D eigenvalue weighted by molar-refractivity contribution is 0.299. The third kappa shape index (κ3) is 6.44. The predicted octanol–water partition coefficient (Wildman–Crippen LogP) is 4.75. The van der Waals surface area contributed by atoms with E-state index in [4.69, 9.17) is 11.6 Å². The Hall–Kier alpha value is -0.0500. The van der Waals surface area contributed by atoms with Crippen molar-refractivity contribution in [1.29, 1.82) is 0 Å². The van der Waals surface area contributed by atoms with Crippen LogP contribution in [0.5, 0.6) is 0 Å². The second-order valence-electron chi connectivity index (χ2n) is 5.73. The molecule has 0 aliphatic carbocycles. The van der Waals surface area contributed by atoms with Gasteiger partial charge in [0.05, 0.1) is 4.34 Å². The molecule has 17 heavy (non-hydrogen) atoms. The molecule has 0 saturated carbocycles. The zero-order valence-corrected chi connectivity index (χ0v) is 12.9. The second-order valence-corrected chi connectivity index (χ2v) is 7.53. The Kier molecular flexibility index (Phi) is 5.98. The maximum absolute atomic E-state index is 5.94. The van der Waals surface area contributed by atoms with Gasteiger partial charge in [0.15, 0.2) is 0 Å². The first kappa shape index (κ1) is 15.0. The lowest BCUT2D eigenvalue weighted by atomic mass is 9.84. The minimum atomic E-state index is 0.401. The fourth-order valence-electron chi connectivity index (χ4n) is 1.77. The van der Waals surface area contributed by atoms with Crippen LogP contribution >= 0.6 is 22.9 Å². The first-order valence-corrected chi connectivity index (χ1v) is 7.56. The Morgan fingerprint density at radius 2 is 2.00 bits per heavy atom. The van der Waals surface area contributed by atoms with Crippen molar-refractivity contribution in [3.8, 4) is 0 Å². The first-order chi connectivity index (χ1) is 7.89. The number of rotatable bonds is 7. The molecule has 0 aromatic carbocycles. The number of hydrogen-bond acceptors (Lipinski definition) is 2. The summed E-state index contributed by atoms with van der Waals surface area (Å²) in [5, 5.41) is 3.49. The van der Waals surface area contributed by atoms with E-state index in [1.807, 2.05) is 6.07 Å². The Bertz CT molecular complexity index is 331. The van der Waals surface area contributed by atoms with E-state index in [-0.39, 0.29) is 0 Å². The molecule has 1 nitrogen and oxygen atoms in total. The monoisotopic (exact) mass is 273 g/mol. The molecule has 3 heteroatoms. The number of halogens is 1. The highest BCUT2D eigenvalue weighted by molar-refractivity contribution is 7.16. The average Bonchev–Trinajstić information content (AvgIpc) is 2.61. The molecule has 1 N–H and O–H groups in total. The van der Waals surface area contributed by atoms with Crippen LogP contribution in [0.3, 0.4) is 0 Å². The summed E-state index contributed by atoms with van der Waals surface area (Å²) in [5.74, 6) is 0. The van der Waals surface area contributed by atoms with E-state index in [1.165, 1.54) is 17.7 Å². The van der Waals surface area contributed by atoms with Crippen molar-refractivity contribution < 1.29 is 0 Å².